The number of pyridine rings is 1. The summed E-state index contributed by atoms with van der Waals surface area (Å²) in [6.45, 7) is 3.73. The minimum absolute atomic E-state index is 0.210. The molecule has 0 fully saturated rings. The second-order valence-electron chi connectivity index (χ2n) is 7.00. The molecule has 1 amide bonds. The van der Waals surface area contributed by atoms with Crippen molar-refractivity contribution in [2.24, 2.45) is 11.6 Å². The number of carbonyl (C=O) groups is 1. The van der Waals surface area contributed by atoms with E-state index in [4.69, 9.17) is 23.2 Å². The first kappa shape index (κ1) is 21.9. The third-order valence-corrected chi connectivity index (χ3v) is 5.45. The quantitative estimate of drug-likeness (QED) is 0.560. The van der Waals surface area contributed by atoms with Crippen molar-refractivity contribution in [3.05, 3.63) is 69.6 Å². The van der Waals surface area contributed by atoms with E-state index in [2.05, 4.69) is 4.98 Å². The van der Waals surface area contributed by atoms with Crippen molar-refractivity contribution in [2.45, 2.75) is 32.5 Å². The van der Waals surface area contributed by atoms with Crippen LogP contribution in [0.4, 0.5) is 19.0 Å². The first-order chi connectivity index (χ1) is 14.0. The molecular weight excluding hydrogens is 419 g/mol. The van der Waals surface area contributed by atoms with E-state index >= 15 is 0 Å². The second-order valence-corrected chi connectivity index (χ2v) is 7.38. The van der Waals surface area contributed by atoms with Crippen molar-refractivity contribution in [1.82, 2.24) is 9.88 Å². The van der Waals surface area contributed by atoms with Crippen molar-refractivity contribution in [3.8, 4) is 0 Å². The lowest BCUT2D eigenvalue weighted by Gasteiger charge is -2.38. The number of hydrogen-bond acceptors (Lipinski definition) is 5. The smallest absolute Gasteiger partial charge is 0.399 e. The van der Waals surface area contributed by atoms with Gasteiger partial charge in [-0.2, -0.15) is 13.2 Å². The Morgan fingerprint density at radius 1 is 1.27 bits per heavy atom. The third-order valence-electron chi connectivity index (χ3n) is 5.05. The predicted molar refractivity (Wildman–Crippen MR) is 108 cm³/mol. The Balaban J connectivity index is 1.90. The van der Waals surface area contributed by atoms with E-state index in [1.165, 1.54) is 16.0 Å². The summed E-state index contributed by atoms with van der Waals surface area (Å²) in [7, 11) is 0. The zero-order valence-electron chi connectivity index (χ0n) is 16.4. The number of carbonyl (C=O) groups excluding carboxylic acids is 1. The van der Waals surface area contributed by atoms with Crippen LogP contribution in [0.3, 0.4) is 0 Å². The number of nitrogens with zero attached hydrogens (tertiary/aromatic N) is 3. The van der Waals surface area contributed by atoms with E-state index in [1.54, 1.807) is 13.0 Å². The van der Waals surface area contributed by atoms with Gasteiger partial charge in [0.25, 0.3) is 5.91 Å². The van der Waals surface area contributed by atoms with Crippen LogP contribution in [0.25, 0.3) is 0 Å². The monoisotopic (exact) mass is 439 g/mol. The largest absolute Gasteiger partial charge is 0.417 e. The fourth-order valence-corrected chi connectivity index (χ4v) is 3.70. The number of amides is 1. The number of nitrogens with two attached hydrogens (primary N) is 2. The molecule has 0 saturated carbocycles. The Morgan fingerprint density at radius 3 is 2.57 bits per heavy atom. The number of anilines is 1. The molecule has 0 spiro atoms. The maximum absolute atomic E-state index is 13.1. The summed E-state index contributed by atoms with van der Waals surface area (Å²) in [5, 5.41) is 0.748. The zero-order chi connectivity index (χ0) is 22.2. The lowest BCUT2D eigenvalue weighted by molar-refractivity contribution is -0.137. The standard InChI is InChI=1S/C20H21ClF3N5O/c1-11-5-3-8-16(27-11)29(26)15-9-10-28(12(2)18(15)25)19(30)13-6-4-7-14(17(13)21)20(22,23)24/h3-8,12H,9-10,25-26H2,1-2H3. The van der Waals surface area contributed by atoms with E-state index in [0.717, 1.165) is 17.8 Å². The Hall–Kier alpha value is -2.78. The fraction of sp³-hybridized carbons (Fsp3) is 0.300. The van der Waals surface area contributed by atoms with Crippen LogP contribution in [0.15, 0.2) is 47.8 Å². The van der Waals surface area contributed by atoms with Crippen molar-refractivity contribution in [2.75, 3.05) is 11.6 Å². The number of hydrazine groups is 1. The molecule has 1 aliphatic rings. The zero-order valence-corrected chi connectivity index (χ0v) is 17.1. The molecule has 0 radical (unpaired) electrons. The van der Waals surface area contributed by atoms with Gasteiger partial charge in [0, 0.05) is 18.7 Å². The summed E-state index contributed by atoms with van der Waals surface area (Å²) in [6, 6.07) is 8.05. The summed E-state index contributed by atoms with van der Waals surface area (Å²) >= 11 is 5.92. The van der Waals surface area contributed by atoms with Crippen molar-refractivity contribution in [1.29, 1.82) is 0 Å². The Bertz CT molecular complexity index is 1010. The molecule has 30 heavy (non-hydrogen) atoms. The SMILES string of the molecule is Cc1cccc(N(N)C2=C(N)C(C)N(C(=O)c3cccc(C(F)(F)F)c3Cl)CC2)n1. The van der Waals surface area contributed by atoms with Crippen LogP contribution < -0.4 is 16.6 Å². The molecule has 0 saturated heterocycles. The molecule has 1 atom stereocenters. The minimum Gasteiger partial charge on any atom is -0.399 e. The Labute approximate surface area is 176 Å². The number of alkyl halides is 3. The van der Waals surface area contributed by atoms with Gasteiger partial charge in [0.15, 0.2) is 0 Å². The maximum Gasteiger partial charge on any atom is 0.417 e. The second kappa shape index (κ2) is 8.16. The topological polar surface area (TPSA) is 88.5 Å². The molecule has 10 heteroatoms. The molecular formula is C20H21ClF3N5O. The maximum atomic E-state index is 13.1. The normalized spacial score (nSPS) is 17.3. The highest BCUT2D eigenvalue weighted by atomic mass is 35.5. The van der Waals surface area contributed by atoms with Crippen molar-refractivity contribution in [3.63, 3.8) is 0 Å². The van der Waals surface area contributed by atoms with Gasteiger partial charge in [0.2, 0.25) is 0 Å². The minimum atomic E-state index is -4.66. The highest BCUT2D eigenvalue weighted by Crippen LogP contribution is 2.37. The number of halogens is 4. The Kier molecular flexibility index (Phi) is 5.96. The van der Waals surface area contributed by atoms with Gasteiger partial charge in [-0.3, -0.25) is 9.80 Å². The summed E-state index contributed by atoms with van der Waals surface area (Å²) in [5.74, 6) is 6.07. The predicted octanol–water partition coefficient (Wildman–Crippen LogP) is 3.85. The molecule has 3 rings (SSSR count). The third kappa shape index (κ3) is 4.08. The number of hydrogen-bond donors (Lipinski definition) is 2. The van der Waals surface area contributed by atoms with Crippen molar-refractivity contribution < 1.29 is 18.0 Å². The van der Waals surface area contributed by atoms with Gasteiger partial charge in [-0.05, 0) is 38.1 Å². The van der Waals surface area contributed by atoms with E-state index in [9.17, 15) is 18.0 Å². The van der Waals surface area contributed by atoms with Gasteiger partial charge in [-0.25, -0.2) is 10.8 Å². The summed E-state index contributed by atoms with van der Waals surface area (Å²) in [5.41, 5.74) is 6.70. The van der Waals surface area contributed by atoms with Gasteiger partial charge in [-0.15, -0.1) is 0 Å². The van der Waals surface area contributed by atoms with Crippen molar-refractivity contribution >= 4 is 23.3 Å². The van der Waals surface area contributed by atoms with E-state index < -0.39 is 28.7 Å². The van der Waals surface area contributed by atoms with Gasteiger partial charge in [0.1, 0.15) is 5.82 Å². The van der Waals surface area contributed by atoms with E-state index in [0.29, 0.717) is 23.6 Å². The van der Waals surface area contributed by atoms with Gasteiger partial charge in [-0.1, -0.05) is 23.7 Å². The molecule has 4 N–H and O–H groups in total. The summed E-state index contributed by atoms with van der Waals surface area (Å²) in [4.78, 5) is 18.7. The van der Waals surface area contributed by atoms with Gasteiger partial charge in [0.05, 0.1) is 33.6 Å². The molecule has 1 unspecified atom stereocenters. The molecule has 1 aromatic heterocycles. The van der Waals surface area contributed by atoms with Crippen LogP contribution in [0, 0.1) is 6.92 Å². The van der Waals surface area contributed by atoms with Crippen LogP contribution in [0.5, 0.6) is 0 Å². The molecule has 2 heterocycles. The molecule has 1 aromatic carbocycles. The lowest BCUT2D eigenvalue weighted by atomic mass is 10.0. The Morgan fingerprint density at radius 2 is 1.93 bits per heavy atom. The van der Waals surface area contributed by atoms with E-state index in [1.807, 2.05) is 19.1 Å². The molecule has 0 bridgehead atoms. The van der Waals surface area contributed by atoms with Crippen LogP contribution >= 0.6 is 11.6 Å². The molecule has 2 aromatic rings. The van der Waals surface area contributed by atoms with E-state index in [-0.39, 0.29) is 12.1 Å². The average Bonchev–Trinajstić information content (AvgIpc) is 2.68. The average molecular weight is 440 g/mol. The first-order valence-corrected chi connectivity index (χ1v) is 9.53. The molecule has 6 nitrogen and oxygen atoms in total. The van der Waals surface area contributed by atoms with Crippen LogP contribution in [0.2, 0.25) is 5.02 Å². The molecule has 1 aliphatic heterocycles. The number of rotatable bonds is 3. The molecule has 0 aliphatic carbocycles. The van der Waals surface area contributed by atoms with Crippen LogP contribution in [0.1, 0.15) is 35.0 Å². The lowest BCUT2D eigenvalue weighted by Crippen LogP contribution is -2.49. The molecule has 160 valence electrons. The highest BCUT2D eigenvalue weighted by molar-refractivity contribution is 6.34. The number of aromatic nitrogens is 1. The van der Waals surface area contributed by atoms with Crippen LogP contribution in [-0.2, 0) is 6.18 Å². The van der Waals surface area contributed by atoms with Crippen LogP contribution in [-0.4, -0.2) is 28.4 Å². The van der Waals surface area contributed by atoms with Gasteiger partial charge < -0.3 is 10.6 Å². The number of benzene rings is 1. The van der Waals surface area contributed by atoms with Gasteiger partial charge >= 0.3 is 6.18 Å². The summed E-state index contributed by atoms with van der Waals surface area (Å²) in [6.07, 6.45) is -4.35. The fourth-order valence-electron chi connectivity index (χ4n) is 3.38. The highest BCUT2D eigenvalue weighted by Gasteiger charge is 2.37. The first-order valence-electron chi connectivity index (χ1n) is 9.16. The number of aryl methyl sites for hydroxylation is 1. The summed E-state index contributed by atoms with van der Waals surface area (Å²) < 4.78 is 39.4.